The van der Waals surface area contributed by atoms with Crippen LogP contribution in [0.15, 0.2) is 40.5 Å². The van der Waals surface area contributed by atoms with Gasteiger partial charge in [0, 0.05) is 24.4 Å². The molecule has 31 heavy (non-hydrogen) atoms. The van der Waals surface area contributed by atoms with E-state index in [0.29, 0.717) is 24.3 Å². The van der Waals surface area contributed by atoms with Crippen LogP contribution in [0.3, 0.4) is 0 Å². The number of benzene rings is 1. The average Bonchev–Trinajstić information content (AvgIpc) is 2.75. The Morgan fingerprint density at radius 3 is 2.90 bits per heavy atom. The number of unbranched alkanes of at least 4 members (excludes halogenated alkanes) is 1. The number of carbonyl (C=O) groups excluding carboxylic acids is 2. The second-order valence-electron chi connectivity index (χ2n) is 8.46. The van der Waals surface area contributed by atoms with Crippen LogP contribution in [0.2, 0.25) is 0 Å². The van der Waals surface area contributed by atoms with Crippen molar-refractivity contribution in [1.29, 1.82) is 0 Å². The minimum absolute atomic E-state index is 0.0155. The van der Waals surface area contributed by atoms with E-state index in [2.05, 4.69) is 17.1 Å². The minimum Gasteiger partial charge on any atom is -0.462 e. The van der Waals surface area contributed by atoms with Crippen LogP contribution in [0.5, 0.6) is 0 Å². The summed E-state index contributed by atoms with van der Waals surface area (Å²) in [5.41, 5.74) is 3.00. The third kappa shape index (κ3) is 5.91. The molecule has 7 heteroatoms. The van der Waals surface area contributed by atoms with Crippen LogP contribution < -0.4 is 5.32 Å². The molecule has 1 aromatic carbocycles. The van der Waals surface area contributed by atoms with Crippen molar-refractivity contribution in [3.05, 3.63) is 41.1 Å². The summed E-state index contributed by atoms with van der Waals surface area (Å²) in [6.07, 6.45) is 3.39. The molecule has 1 atom stereocenters. The van der Waals surface area contributed by atoms with E-state index in [1.165, 1.54) is 0 Å². The number of amidine groups is 1. The molecule has 0 bridgehead atoms. The maximum atomic E-state index is 13.1. The molecule has 2 heterocycles. The summed E-state index contributed by atoms with van der Waals surface area (Å²) in [7, 11) is 0. The normalized spacial score (nSPS) is 18.5. The largest absolute Gasteiger partial charge is 0.462 e. The van der Waals surface area contributed by atoms with E-state index in [0.717, 1.165) is 48.0 Å². The van der Waals surface area contributed by atoms with Crippen molar-refractivity contribution < 1.29 is 14.3 Å². The van der Waals surface area contributed by atoms with E-state index in [1.54, 1.807) is 11.8 Å². The first kappa shape index (κ1) is 23.4. The Balaban J connectivity index is 1.93. The molecule has 1 unspecified atom stereocenters. The summed E-state index contributed by atoms with van der Waals surface area (Å²) in [6, 6.07) is 7.54. The number of fused-ring (bicyclic) bond motifs is 1. The number of aliphatic imine (C=N–C) groups is 1. The highest BCUT2D eigenvalue weighted by atomic mass is 32.2. The van der Waals surface area contributed by atoms with E-state index in [-0.39, 0.29) is 23.8 Å². The molecule has 2 aliphatic rings. The molecule has 1 saturated heterocycles. The number of anilines is 1. The van der Waals surface area contributed by atoms with Gasteiger partial charge in [-0.1, -0.05) is 51.1 Å². The number of nitrogens with zero attached hydrogens (tertiary/aromatic N) is 2. The first-order chi connectivity index (χ1) is 14.9. The van der Waals surface area contributed by atoms with E-state index in [1.807, 2.05) is 45.0 Å². The molecule has 168 valence electrons. The lowest BCUT2D eigenvalue weighted by molar-refractivity contribution is -0.141. The minimum atomic E-state index is -0.313. The molecule has 0 aromatic heterocycles. The zero-order valence-electron chi connectivity index (χ0n) is 18.9. The van der Waals surface area contributed by atoms with E-state index in [9.17, 15) is 9.59 Å². The lowest BCUT2D eigenvalue weighted by atomic mass is 9.94. The maximum Gasteiger partial charge on any atom is 0.338 e. The highest BCUT2D eigenvalue weighted by Crippen LogP contribution is 2.40. The molecule has 1 fully saturated rings. The second kappa shape index (κ2) is 10.8. The Bertz CT molecular complexity index is 879. The first-order valence-corrected chi connectivity index (χ1v) is 12.1. The van der Waals surface area contributed by atoms with Crippen LogP contribution in [-0.2, 0) is 14.3 Å². The topological polar surface area (TPSA) is 71.0 Å². The summed E-state index contributed by atoms with van der Waals surface area (Å²) >= 11 is 1.73. The van der Waals surface area contributed by atoms with E-state index < -0.39 is 0 Å². The number of carbonyl (C=O) groups is 2. The van der Waals surface area contributed by atoms with Gasteiger partial charge in [0.25, 0.3) is 0 Å². The van der Waals surface area contributed by atoms with Crippen LogP contribution >= 0.6 is 11.8 Å². The number of allylic oxidation sites excluding steroid dienone is 1. The average molecular weight is 444 g/mol. The monoisotopic (exact) mass is 443 g/mol. The smallest absolute Gasteiger partial charge is 0.338 e. The van der Waals surface area contributed by atoms with Gasteiger partial charge in [0.15, 0.2) is 5.17 Å². The standard InChI is InChI=1S/C24H33N3O3S/c1-5-6-11-20(28)26-19-10-7-9-18(14-19)22-21(23(29)30-15-16(2)3)17(4)25-24-27(22)12-8-13-31-24/h7,9-10,14,16,22H,5-6,8,11-13,15H2,1-4H3,(H,26,28). The van der Waals surface area contributed by atoms with E-state index in [4.69, 9.17) is 9.73 Å². The van der Waals surface area contributed by atoms with Crippen molar-refractivity contribution in [2.75, 3.05) is 24.2 Å². The van der Waals surface area contributed by atoms with Crippen LogP contribution in [0, 0.1) is 5.92 Å². The molecule has 6 nitrogen and oxygen atoms in total. The van der Waals surface area contributed by atoms with Crippen molar-refractivity contribution in [3.8, 4) is 0 Å². The molecule has 0 aliphatic carbocycles. The summed E-state index contributed by atoms with van der Waals surface area (Å²) < 4.78 is 5.61. The van der Waals surface area contributed by atoms with Crippen molar-refractivity contribution in [3.63, 3.8) is 0 Å². The Kier molecular flexibility index (Phi) is 8.18. The number of hydrogen-bond donors (Lipinski definition) is 1. The molecule has 0 saturated carbocycles. The van der Waals surface area contributed by atoms with Crippen LogP contribution in [0.1, 0.15) is 65.0 Å². The molecule has 1 amide bonds. The lowest BCUT2D eigenvalue weighted by Gasteiger charge is -2.40. The van der Waals surface area contributed by atoms with Gasteiger partial charge in [-0.2, -0.15) is 0 Å². The zero-order chi connectivity index (χ0) is 22.4. The van der Waals surface area contributed by atoms with Crippen LogP contribution in [0.4, 0.5) is 5.69 Å². The number of rotatable bonds is 8. The highest BCUT2D eigenvalue weighted by Gasteiger charge is 2.38. The maximum absolute atomic E-state index is 13.1. The van der Waals surface area contributed by atoms with Gasteiger partial charge >= 0.3 is 5.97 Å². The van der Waals surface area contributed by atoms with Gasteiger partial charge in [0.1, 0.15) is 0 Å². The highest BCUT2D eigenvalue weighted by molar-refractivity contribution is 8.13. The summed E-state index contributed by atoms with van der Waals surface area (Å²) in [6.45, 7) is 9.21. The third-order valence-corrected chi connectivity index (χ3v) is 6.35. The molecule has 3 rings (SSSR count). The van der Waals surface area contributed by atoms with Crippen molar-refractivity contribution in [1.82, 2.24) is 4.90 Å². The molecule has 0 spiro atoms. The first-order valence-electron chi connectivity index (χ1n) is 11.2. The number of ether oxygens (including phenoxy) is 1. The van der Waals surface area contributed by atoms with Gasteiger partial charge in [0.2, 0.25) is 5.91 Å². The van der Waals surface area contributed by atoms with Crippen molar-refractivity contribution >= 4 is 34.5 Å². The van der Waals surface area contributed by atoms with Gasteiger partial charge in [-0.15, -0.1) is 0 Å². The number of amides is 1. The quantitative estimate of drug-likeness (QED) is 0.564. The number of nitrogens with one attached hydrogen (secondary N) is 1. The molecule has 2 aliphatic heterocycles. The lowest BCUT2D eigenvalue weighted by Crippen LogP contribution is -2.42. The van der Waals surface area contributed by atoms with Crippen LogP contribution in [-0.4, -0.2) is 40.8 Å². The van der Waals surface area contributed by atoms with Crippen molar-refractivity contribution in [2.45, 2.75) is 59.4 Å². The van der Waals surface area contributed by atoms with Gasteiger partial charge in [-0.3, -0.25) is 4.79 Å². The number of thioether (sulfide) groups is 1. The SMILES string of the molecule is CCCCC(=O)Nc1cccc(C2C(C(=O)OCC(C)C)=C(C)N=C3SCCCN32)c1. The third-order valence-electron chi connectivity index (χ3n) is 5.27. The number of esters is 1. The molecular weight excluding hydrogens is 410 g/mol. The van der Waals surface area contributed by atoms with Crippen molar-refractivity contribution in [2.24, 2.45) is 10.9 Å². The Morgan fingerprint density at radius 1 is 1.35 bits per heavy atom. The van der Waals surface area contributed by atoms with Crippen LogP contribution in [0.25, 0.3) is 0 Å². The van der Waals surface area contributed by atoms with E-state index >= 15 is 0 Å². The molecule has 0 radical (unpaired) electrons. The van der Waals surface area contributed by atoms with Gasteiger partial charge < -0.3 is 15.0 Å². The predicted molar refractivity (Wildman–Crippen MR) is 127 cm³/mol. The fourth-order valence-corrected chi connectivity index (χ4v) is 4.76. The van der Waals surface area contributed by atoms with Gasteiger partial charge in [-0.05, 0) is 43.4 Å². The van der Waals surface area contributed by atoms with Gasteiger partial charge in [0.05, 0.1) is 23.9 Å². The summed E-state index contributed by atoms with van der Waals surface area (Å²) in [4.78, 5) is 32.3. The molecule has 1 aromatic rings. The fourth-order valence-electron chi connectivity index (χ4n) is 3.74. The van der Waals surface area contributed by atoms with Gasteiger partial charge in [-0.25, -0.2) is 9.79 Å². The Labute approximate surface area is 189 Å². The Morgan fingerprint density at radius 2 is 2.16 bits per heavy atom. The zero-order valence-corrected chi connectivity index (χ0v) is 19.8. The number of hydrogen-bond acceptors (Lipinski definition) is 6. The predicted octanol–water partition coefficient (Wildman–Crippen LogP) is 5.14. The summed E-state index contributed by atoms with van der Waals surface area (Å²) in [5, 5.41) is 3.95. The molecular formula is C24H33N3O3S. The fraction of sp³-hybridized carbons (Fsp3) is 0.542. The second-order valence-corrected chi connectivity index (χ2v) is 9.52. The molecule has 1 N–H and O–H groups in total. The Hall–Kier alpha value is -2.28. The summed E-state index contributed by atoms with van der Waals surface area (Å²) in [5.74, 6) is 0.988.